The van der Waals surface area contributed by atoms with Gasteiger partial charge in [-0.25, -0.2) is 9.97 Å². The summed E-state index contributed by atoms with van der Waals surface area (Å²) in [6.45, 7) is 3.63. The molecule has 0 saturated carbocycles. The minimum atomic E-state index is 0.0394. The van der Waals surface area contributed by atoms with Crippen LogP contribution in [0.25, 0.3) is 44.5 Å². The molecule has 2 atom stereocenters. The summed E-state index contributed by atoms with van der Waals surface area (Å²) in [5, 5.41) is 0. The van der Waals surface area contributed by atoms with Crippen molar-refractivity contribution in [2.75, 3.05) is 0 Å². The number of imidazole rings is 2. The lowest BCUT2D eigenvalue weighted by atomic mass is 9.92. The van der Waals surface area contributed by atoms with Crippen molar-refractivity contribution in [1.29, 1.82) is 0 Å². The zero-order chi connectivity index (χ0) is 24.8. The molecule has 0 bridgehead atoms. The molecule has 7 nitrogen and oxygen atoms in total. The molecule has 2 aromatic heterocycles. The van der Waals surface area contributed by atoms with Crippen LogP contribution in [0.15, 0.2) is 60.8 Å². The summed E-state index contributed by atoms with van der Waals surface area (Å²) in [5.41, 5.74) is 10.7. The van der Waals surface area contributed by atoms with Crippen molar-refractivity contribution >= 4 is 50.4 Å². The molecule has 0 radical (unpaired) electrons. The normalized spacial score (nSPS) is 12.8. The first-order valence-corrected chi connectivity index (χ1v) is 13.4. The Hall–Kier alpha value is -3.66. The van der Waals surface area contributed by atoms with Crippen LogP contribution in [0.2, 0.25) is 0 Å². The predicted octanol–water partition coefficient (Wildman–Crippen LogP) is 4.88. The summed E-state index contributed by atoms with van der Waals surface area (Å²) in [6, 6.07) is 18.7. The maximum Gasteiger partial charge on any atom is 0.155 e. The van der Waals surface area contributed by atoms with Gasteiger partial charge in [0.1, 0.15) is 23.5 Å². The van der Waals surface area contributed by atoms with Gasteiger partial charge in [-0.2, -0.15) is 0 Å². The van der Waals surface area contributed by atoms with Crippen LogP contribution in [-0.4, -0.2) is 31.0 Å². The molecule has 0 aliphatic carbocycles. The van der Waals surface area contributed by atoms with Crippen LogP contribution in [0.3, 0.4) is 0 Å². The minimum Gasteiger partial charge on any atom is -0.488 e. The molecule has 1 aliphatic heterocycles. The Morgan fingerprint density at radius 3 is 2.39 bits per heavy atom. The molecular weight excluding hydrogens is 490 g/mol. The number of nitrogens with zero attached hydrogens (tertiary/aromatic N) is 2. The minimum absolute atomic E-state index is 0.0394. The zero-order valence-electron chi connectivity index (χ0n) is 19.6. The van der Waals surface area contributed by atoms with Crippen molar-refractivity contribution in [2.24, 2.45) is 0 Å². The number of H-pyrrole nitrogens is 2. The lowest BCUT2D eigenvalue weighted by Crippen LogP contribution is -2.06. The highest BCUT2D eigenvalue weighted by Crippen LogP contribution is 2.41. The van der Waals surface area contributed by atoms with Gasteiger partial charge in [0.05, 0.1) is 22.9 Å². The molecule has 3 heterocycles. The van der Waals surface area contributed by atoms with E-state index in [-0.39, 0.29) is 28.2 Å². The van der Waals surface area contributed by atoms with Crippen LogP contribution in [0, 0.1) is 0 Å². The Bertz CT molecular complexity index is 1670. The lowest BCUT2D eigenvalue weighted by molar-refractivity contribution is -0.110. The first-order valence-electron chi connectivity index (χ1n) is 11.4. The third-order valence-electron chi connectivity index (χ3n) is 6.05. The molecule has 9 heteroatoms. The number of rotatable bonds is 6. The fraction of sp³-hybridized carbons (Fsp3) is 0.111. The highest BCUT2D eigenvalue weighted by molar-refractivity contribution is 7.64. The topological polar surface area (TPSA) is 101 Å². The van der Waals surface area contributed by atoms with E-state index in [1.54, 1.807) is 20.0 Å². The second-order valence-corrected chi connectivity index (χ2v) is 11.6. The van der Waals surface area contributed by atoms with Crippen molar-refractivity contribution in [3.05, 3.63) is 66.4 Å². The average Bonchev–Trinajstić information content (AvgIpc) is 3.48. The number of carbonyl (C=O) groups excluding carboxylic acids is 2. The van der Waals surface area contributed by atoms with Gasteiger partial charge < -0.3 is 14.7 Å². The van der Waals surface area contributed by atoms with Crippen molar-refractivity contribution in [3.63, 3.8) is 0 Å². The van der Waals surface area contributed by atoms with E-state index in [1.807, 2.05) is 12.1 Å². The largest absolute Gasteiger partial charge is 0.488 e. The van der Waals surface area contributed by atoms with Gasteiger partial charge >= 0.3 is 0 Å². The van der Waals surface area contributed by atoms with Crippen molar-refractivity contribution in [3.8, 4) is 39.3 Å². The molecule has 5 aromatic rings. The Balaban J connectivity index is 1.29. The number of aromatic nitrogens is 4. The van der Waals surface area contributed by atoms with Gasteiger partial charge in [-0.3, -0.25) is 9.59 Å². The predicted molar refractivity (Wildman–Crippen MR) is 146 cm³/mol. The molecule has 0 spiro atoms. The lowest BCUT2D eigenvalue weighted by Gasteiger charge is -2.22. The summed E-state index contributed by atoms with van der Waals surface area (Å²) < 4.78 is 6.17. The summed E-state index contributed by atoms with van der Waals surface area (Å²) in [6.07, 6.45) is 1.77. The van der Waals surface area contributed by atoms with Crippen LogP contribution in [0.5, 0.6) is 5.75 Å². The van der Waals surface area contributed by atoms with Crippen LogP contribution >= 0.6 is 17.2 Å². The maximum atomic E-state index is 11.5. The Kier molecular flexibility index (Phi) is 5.75. The van der Waals surface area contributed by atoms with Crippen LogP contribution < -0.4 is 15.9 Å². The van der Waals surface area contributed by atoms with Crippen LogP contribution in [0.1, 0.15) is 19.4 Å². The van der Waals surface area contributed by atoms with E-state index in [0.717, 1.165) is 55.9 Å². The molecule has 1 aliphatic rings. The number of ether oxygens (including phenoxy) is 1. The van der Waals surface area contributed by atoms with E-state index in [4.69, 9.17) is 4.74 Å². The van der Waals surface area contributed by atoms with E-state index < -0.39 is 0 Å². The SMILES string of the molecule is CC(=O)Pc1ncc(-c2ccc3c(c2)COc2cc(-c4ccc5nc(PC(C)=O)[nH]c5c4)ccc2-3)[nH]1. The Morgan fingerprint density at radius 2 is 1.56 bits per heavy atom. The third-order valence-corrected chi connectivity index (χ3v) is 7.72. The number of aromatic amines is 2. The molecule has 2 N–H and O–H groups in total. The molecule has 3 aromatic carbocycles. The van der Waals surface area contributed by atoms with Crippen molar-refractivity contribution in [2.45, 2.75) is 20.5 Å². The van der Waals surface area contributed by atoms with Gasteiger partial charge in [0, 0.05) is 22.7 Å². The number of hydrogen-bond donors (Lipinski definition) is 2. The van der Waals surface area contributed by atoms with E-state index in [9.17, 15) is 9.59 Å². The van der Waals surface area contributed by atoms with E-state index >= 15 is 0 Å². The summed E-state index contributed by atoms with van der Waals surface area (Å²) >= 11 is 0. The first kappa shape index (κ1) is 22.8. The number of hydrogen-bond acceptors (Lipinski definition) is 5. The molecule has 0 fully saturated rings. The Morgan fingerprint density at radius 1 is 0.833 bits per heavy atom. The number of benzene rings is 3. The molecule has 0 saturated heterocycles. The van der Waals surface area contributed by atoms with Crippen LogP contribution in [-0.2, 0) is 16.2 Å². The standard InChI is InChI=1S/C27H22N4O3P2/c1-14(32)35-26-28-12-24(31-26)18-4-6-20-19(9-18)13-34-25-11-17(3-7-21(20)25)16-5-8-22-23(10-16)30-27(29-22)36-15(2)33/h3-12,35-36H,13H2,1-2H3,(H,28,31)(H,29,30). The number of fused-ring (bicyclic) bond motifs is 4. The van der Waals surface area contributed by atoms with Crippen molar-refractivity contribution in [1.82, 2.24) is 19.9 Å². The molecule has 2 unspecified atom stereocenters. The maximum absolute atomic E-state index is 11.5. The molecular formula is C27H22N4O3P2. The van der Waals surface area contributed by atoms with Gasteiger partial charge in [0.25, 0.3) is 0 Å². The van der Waals surface area contributed by atoms with Gasteiger partial charge in [-0.15, -0.1) is 0 Å². The van der Waals surface area contributed by atoms with E-state index in [2.05, 4.69) is 62.4 Å². The van der Waals surface area contributed by atoms with Gasteiger partial charge in [-0.05, 0) is 65.9 Å². The molecule has 178 valence electrons. The van der Waals surface area contributed by atoms with Gasteiger partial charge in [0.15, 0.2) is 11.0 Å². The monoisotopic (exact) mass is 512 g/mol. The van der Waals surface area contributed by atoms with Gasteiger partial charge in [-0.1, -0.05) is 30.3 Å². The molecule has 36 heavy (non-hydrogen) atoms. The average molecular weight is 512 g/mol. The quantitative estimate of drug-likeness (QED) is 0.316. The summed E-state index contributed by atoms with van der Waals surface area (Å²) in [4.78, 5) is 38.2. The number of nitrogens with one attached hydrogen (secondary N) is 2. The highest BCUT2D eigenvalue weighted by Gasteiger charge is 2.19. The number of carbonyl (C=O) groups is 2. The fourth-order valence-corrected chi connectivity index (χ4v) is 5.82. The highest BCUT2D eigenvalue weighted by atomic mass is 31.1. The summed E-state index contributed by atoms with van der Waals surface area (Å²) in [5.74, 6) is 0.850. The third kappa shape index (κ3) is 4.37. The van der Waals surface area contributed by atoms with Gasteiger partial charge in [0.2, 0.25) is 0 Å². The molecule has 6 rings (SSSR count). The second-order valence-electron chi connectivity index (χ2n) is 8.70. The van der Waals surface area contributed by atoms with Crippen molar-refractivity contribution < 1.29 is 14.3 Å². The smallest absolute Gasteiger partial charge is 0.155 e. The summed E-state index contributed by atoms with van der Waals surface area (Å²) in [7, 11) is 0.0802. The fourth-order valence-electron chi connectivity index (χ4n) is 4.46. The van der Waals surface area contributed by atoms with E-state index in [0.29, 0.717) is 17.7 Å². The van der Waals surface area contributed by atoms with E-state index in [1.165, 1.54) is 0 Å². The zero-order valence-corrected chi connectivity index (χ0v) is 21.6. The first-order chi connectivity index (χ1) is 17.4. The second kappa shape index (κ2) is 9.09. The molecule has 0 amide bonds. The Labute approximate surface area is 210 Å². The van der Waals surface area contributed by atoms with Crippen LogP contribution in [0.4, 0.5) is 0 Å².